The van der Waals surface area contributed by atoms with Gasteiger partial charge in [0.2, 0.25) is 0 Å². The molecule has 4 rings (SSSR count). The second-order valence-electron chi connectivity index (χ2n) is 7.26. The van der Waals surface area contributed by atoms with Gasteiger partial charge in [0, 0.05) is 12.2 Å². The Balaban J connectivity index is 1.83. The Labute approximate surface area is 182 Å². The lowest BCUT2D eigenvalue weighted by molar-refractivity contribution is -0.107. The highest BCUT2D eigenvalue weighted by Gasteiger charge is 2.36. The molecule has 4 aromatic carbocycles. The Bertz CT molecular complexity index is 979. The van der Waals surface area contributed by atoms with Crippen molar-refractivity contribution in [2.24, 2.45) is 0 Å². The fourth-order valence-electron chi connectivity index (χ4n) is 3.90. The largest absolute Gasteiger partial charge is 0.303 e. The van der Waals surface area contributed by atoms with E-state index >= 15 is 0 Å². The molecule has 0 unspecified atom stereocenters. The average molecular weight is 409 g/mol. The summed E-state index contributed by atoms with van der Waals surface area (Å²) in [6, 6.07) is 40.5. The summed E-state index contributed by atoms with van der Waals surface area (Å²) in [4.78, 5) is 11.0. The van der Waals surface area contributed by atoms with Crippen molar-refractivity contribution in [1.29, 1.82) is 0 Å². The zero-order valence-corrected chi connectivity index (χ0v) is 17.6. The van der Waals surface area contributed by atoms with E-state index < -0.39 is 0 Å². The molecule has 30 heavy (non-hydrogen) atoms. The lowest BCUT2D eigenvalue weighted by atomic mass is 9.84. The minimum atomic E-state index is -0.329. The fraction of sp³-hybridized carbons (Fsp3) is 0.107. The van der Waals surface area contributed by atoms with Gasteiger partial charge in [-0.3, -0.25) is 0 Å². The van der Waals surface area contributed by atoms with Crippen LogP contribution in [0.15, 0.2) is 115 Å². The van der Waals surface area contributed by atoms with Gasteiger partial charge in [-0.1, -0.05) is 115 Å². The molecule has 0 spiro atoms. The molecular weight excluding hydrogens is 384 g/mol. The Hall–Kier alpha value is -3.10. The van der Waals surface area contributed by atoms with E-state index in [9.17, 15) is 4.79 Å². The van der Waals surface area contributed by atoms with Gasteiger partial charge in [-0.05, 0) is 27.8 Å². The van der Waals surface area contributed by atoms with Crippen molar-refractivity contribution in [1.82, 2.24) is 0 Å². The number of carbonyl (C=O) groups is 1. The van der Waals surface area contributed by atoms with E-state index in [1.54, 1.807) is 0 Å². The topological polar surface area (TPSA) is 17.1 Å². The highest BCUT2D eigenvalue weighted by molar-refractivity contribution is 7.99. The van der Waals surface area contributed by atoms with Gasteiger partial charge in [-0.2, -0.15) is 0 Å². The first-order valence-corrected chi connectivity index (χ1v) is 11.1. The second kappa shape index (κ2) is 9.60. The third-order valence-electron chi connectivity index (χ3n) is 5.31. The van der Waals surface area contributed by atoms with Crippen LogP contribution in [0.3, 0.4) is 0 Å². The normalized spacial score (nSPS) is 11.2. The van der Waals surface area contributed by atoms with Crippen molar-refractivity contribution in [2.75, 3.05) is 0 Å². The summed E-state index contributed by atoms with van der Waals surface area (Å²) in [5.74, 6) is 0.839. The molecule has 0 fully saturated rings. The Kier molecular flexibility index (Phi) is 6.46. The molecule has 0 radical (unpaired) electrons. The summed E-state index contributed by atoms with van der Waals surface area (Å²) in [5.41, 5.74) is 6.07. The highest BCUT2D eigenvalue weighted by atomic mass is 32.2. The molecule has 0 saturated heterocycles. The van der Waals surface area contributed by atoms with E-state index in [-0.39, 0.29) is 4.75 Å². The van der Waals surface area contributed by atoms with Crippen LogP contribution in [0.1, 0.15) is 27.8 Å². The standard InChI is InChI=1S/C28H24OS/c29-20-19-23-11-10-12-24(21-23)22-30-28(25-13-4-1-5-14-25,26-15-6-2-7-16-26)27-17-8-3-9-18-27/h1-18,20-21H,19,22H2. The molecule has 0 heterocycles. The van der Waals surface area contributed by atoms with Crippen LogP contribution in [0, 0.1) is 0 Å². The molecule has 0 aliphatic rings. The second-order valence-corrected chi connectivity index (χ2v) is 8.45. The molecule has 0 atom stereocenters. The van der Waals surface area contributed by atoms with Crippen molar-refractivity contribution in [3.63, 3.8) is 0 Å². The molecule has 2 heteroatoms. The molecule has 4 aromatic rings. The Morgan fingerprint density at radius 2 is 1.07 bits per heavy atom. The maximum Gasteiger partial charge on any atom is 0.124 e. The van der Waals surface area contributed by atoms with Crippen molar-refractivity contribution in [3.8, 4) is 0 Å². The first kappa shape index (κ1) is 20.2. The van der Waals surface area contributed by atoms with Gasteiger partial charge < -0.3 is 4.79 Å². The summed E-state index contributed by atoms with van der Waals surface area (Å²) in [6.07, 6.45) is 1.42. The van der Waals surface area contributed by atoms with Crippen LogP contribution in [0.25, 0.3) is 0 Å². The lowest BCUT2D eigenvalue weighted by Gasteiger charge is -2.35. The number of hydrogen-bond donors (Lipinski definition) is 0. The van der Waals surface area contributed by atoms with E-state index in [4.69, 9.17) is 0 Å². The third-order valence-corrected chi connectivity index (χ3v) is 6.92. The summed E-state index contributed by atoms with van der Waals surface area (Å²) < 4.78 is -0.329. The fourth-order valence-corrected chi connectivity index (χ4v) is 5.37. The summed E-state index contributed by atoms with van der Waals surface area (Å²) in [7, 11) is 0. The molecule has 0 saturated carbocycles. The van der Waals surface area contributed by atoms with Crippen LogP contribution in [0.4, 0.5) is 0 Å². The maximum absolute atomic E-state index is 11.0. The van der Waals surface area contributed by atoms with Gasteiger partial charge in [0.15, 0.2) is 0 Å². The van der Waals surface area contributed by atoms with Gasteiger partial charge in [-0.15, -0.1) is 11.8 Å². The highest BCUT2D eigenvalue weighted by Crippen LogP contribution is 2.49. The van der Waals surface area contributed by atoms with Gasteiger partial charge in [0.1, 0.15) is 6.29 Å². The molecule has 0 amide bonds. The molecule has 0 N–H and O–H groups in total. The van der Waals surface area contributed by atoms with Crippen LogP contribution in [-0.4, -0.2) is 6.29 Å². The minimum Gasteiger partial charge on any atom is -0.303 e. The first-order valence-electron chi connectivity index (χ1n) is 10.1. The number of hydrogen-bond acceptors (Lipinski definition) is 2. The van der Waals surface area contributed by atoms with E-state index in [0.717, 1.165) is 17.6 Å². The quantitative estimate of drug-likeness (QED) is 0.240. The van der Waals surface area contributed by atoms with Crippen molar-refractivity contribution >= 4 is 18.0 Å². The number of benzene rings is 4. The average Bonchev–Trinajstić information content (AvgIpc) is 2.82. The van der Waals surface area contributed by atoms with Crippen LogP contribution in [0.2, 0.25) is 0 Å². The molecule has 1 nitrogen and oxygen atoms in total. The lowest BCUT2D eigenvalue weighted by Crippen LogP contribution is -2.25. The van der Waals surface area contributed by atoms with Crippen LogP contribution >= 0.6 is 11.8 Å². The van der Waals surface area contributed by atoms with E-state index in [1.807, 2.05) is 23.9 Å². The van der Waals surface area contributed by atoms with Crippen LogP contribution < -0.4 is 0 Å². The predicted octanol–water partition coefficient (Wildman–Crippen LogP) is 6.65. The van der Waals surface area contributed by atoms with Crippen LogP contribution in [0.5, 0.6) is 0 Å². The first-order chi connectivity index (χ1) is 14.8. The monoisotopic (exact) mass is 408 g/mol. The molecule has 0 aliphatic heterocycles. The molecular formula is C28H24OS. The zero-order valence-electron chi connectivity index (χ0n) is 16.8. The number of carbonyl (C=O) groups excluding carboxylic acids is 1. The predicted molar refractivity (Wildman–Crippen MR) is 127 cm³/mol. The summed E-state index contributed by atoms with van der Waals surface area (Å²) in [5, 5.41) is 0. The zero-order chi connectivity index (χ0) is 20.7. The van der Waals surface area contributed by atoms with Crippen molar-refractivity contribution < 1.29 is 4.79 Å². The summed E-state index contributed by atoms with van der Waals surface area (Å²) >= 11 is 1.92. The van der Waals surface area contributed by atoms with Crippen molar-refractivity contribution in [2.45, 2.75) is 16.9 Å². The van der Waals surface area contributed by atoms with E-state index in [0.29, 0.717) is 6.42 Å². The number of rotatable bonds is 8. The van der Waals surface area contributed by atoms with E-state index in [2.05, 4.69) is 103 Å². The van der Waals surface area contributed by atoms with Crippen LogP contribution in [-0.2, 0) is 21.7 Å². The SMILES string of the molecule is O=CCc1cccc(CSC(c2ccccc2)(c2ccccc2)c2ccccc2)c1. The van der Waals surface area contributed by atoms with Gasteiger partial charge in [0.25, 0.3) is 0 Å². The Morgan fingerprint density at radius 3 is 1.53 bits per heavy atom. The van der Waals surface area contributed by atoms with Gasteiger partial charge in [-0.25, -0.2) is 0 Å². The molecule has 148 valence electrons. The van der Waals surface area contributed by atoms with Gasteiger partial charge in [0.05, 0.1) is 4.75 Å². The number of thioether (sulfide) groups is 1. The van der Waals surface area contributed by atoms with Crippen molar-refractivity contribution in [3.05, 3.63) is 143 Å². The summed E-state index contributed by atoms with van der Waals surface area (Å²) in [6.45, 7) is 0. The molecule has 0 aromatic heterocycles. The minimum absolute atomic E-state index is 0.329. The Morgan fingerprint density at radius 1 is 0.600 bits per heavy atom. The maximum atomic E-state index is 11.0. The van der Waals surface area contributed by atoms with E-state index in [1.165, 1.54) is 22.3 Å². The third kappa shape index (κ3) is 4.24. The van der Waals surface area contributed by atoms with Gasteiger partial charge >= 0.3 is 0 Å². The number of aldehydes is 1. The molecule has 0 bridgehead atoms. The molecule has 0 aliphatic carbocycles. The smallest absolute Gasteiger partial charge is 0.124 e.